The van der Waals surface area contributed by atoms with E-state index in [4.69, 9.17) is 22.3 Å². The van der Waals surface area contributed by atoms with Crippen molar-refractivity contribution in [2.75, 3.05) is 13.1 Å². The molecular formula is C22H31ClN4O2. The number of hydrogen-bond acceptors (Lipinski definition) is 4. The van der Waals surface area contributed by atoms with E-state index >= 15 is 0 Å². The number of rotatable bonds is 9. The van der Waals surface area contributed by atoms with Gasteiger partial charge in [0.05, 0.1) is 16.9 Å². The Balaban J connectivity index is 1.89. The quantitative estimate of drug-likeness (QED) is 0.628. The maximum Gasteiger partial charge on any atom is 0.261 e. The number of fused-ring (bicyclic) bond motifs is 1. The normalized spacial score (nSPS) is 15.3. The van der Waals surface area contributed by atoms with E-state index in [0.29, 0.717) is 34.8 Å². The molecule has 1 aliphatic rings. The van der Waals surface area contributed by atoms with Crippen molar-refractivity contribution in [3.63, 3.8) is 0 Å². The summed E-state index contributed by atoms with van der Waals surface area (Å²) in [6.45, 7) is 3.34. The molecule has 0 bridgehead atoms. The van der Waals surface area contributed by atoms with Crippen LogP contribution in [0.25, 0.3) is 10.9 Å². The third-order valence-electron chi connectivity index (χ3n) is 6.01. The fraction of sp³-hybridized carbons (Fsp3) is 0.591. The lowest BCUT2D eigenvalue weighted by Crippen LogP contribution is -2.42. The third-order valence-corrected chi connectivity index (χ3v) is 6.24. The Morgan fingerprint density at radius 3 is 2.69 bits per heavy atom. The van der Waals surface area contributed by atoms with Gasteiger partial charge in [-0.2, -0.15) is 0 Å². The van der Waals surface area contributed by atoms with Crippen LogP contribution in [0.15, 0.2) is 23.0 Å². The molecule has 3 rings (SSSR count). The molecule has 1 atom stereocenters. The first-order valence-corrected chi connectivity index (χ1v) is 11.0. The Morgan fingerprint density at radius 2 is 2.03 bits per heavy atom. The van der Waals surface area contributed by atoms with Crippen LogP contribution in [0.5, 0.6) is 0 Å². The Hall–Kier alpha value is -1.92. The van der Waals surface area contributed by atoms with Crippen LogP contribution >= 0.6 is 11.6 Å². The largest absolute Gasteiger partial charge is 0.333 e. The standard InChI is InChI=1S/C22H31ClN4O2/c1-15(20-25-19-14-17(23)10-11-18(19)22(29)26(20)2)27(13-6-4-3-5-12-24)21(28)16-8-7-9-16/h10-11,14-16H,3-9,12-13,24H2,1-2H3. The van der Waals surface area contributed by atoms with Crippen LogP contribution in [0.1, 0.15) is 63.7 Å². The first kappa shape index (κ1) is 21.8. The number of unbranched alkanes of at least 4 members (excludes halogenated alkanes) is 3. The molecule has 1 unspecified atom stereocenters. The Morgan fingerprint density at radius 1 is 1.31 bits per heavy atom. The second kappa shape index (κ2) is 9.72. The molecule has 0 radical (unpaired) electrons. The molecule has 1 heterocycles. The molecule has 1 aromatic carbocycles. The molecule has 2 N–H and O–H groups in total. The fourth-order valence-electron chi connectivity index (χ4n) is 3.94. The zero-order chi connectivity index (χ0) is 21.0. The number of amides is 1. The minimum atomic E-state index is -0.279. The average molecular weight is 419 g/mol. The summed E-state index contributed by atoms with van der Waals surface area (Å²) in [6.07, 6.45) is 7.06. The predicted molar refractivity (Wildman–Crippen MR) is 117 cm³/mol. The lowest BCUT2D eigenvalue weighted by atomic mass is 9.84. The highest BCUT2D eigenvalue weighted by Gasteiger charge is 2.33. The summed E-state index contributed by atoms with van der Waals surface area (Å²) in [5, 5.41) is 1.07. The van der Waals surface area contributed by atoms with Gasteiger partial charge >= 0.3 is 0 Å². The Labute approximate surface area is 177 Å². The number of nitrogens with two attached hydrogens (primary N) is 1. The van der Waals surface area contributed by atoms with Gasteiger partial charge in [0.2, 0.25) is 5.91 Å². The van der Waals surface area contributed by atoms with Gasteiger partial charge in [-0.1, -0.05) is 30.9 Å². The molecule has 0 aliphatic heterocycles. The Kier molecular flexibility index (Phi) is 7.30. The maximum atomic E-state index is 13.1. The van der Waals surface area contributed by atoms with Gasteiger partial charge in [-0.15, -0.1) is 0 Å². The van der Waals surface area contributed by atoms with Gasteiger partial charge in [-0.25, -0.2) is 4.98 Å². The van der Waals surface area contributed by atoms with Gasteiger partial charge < -0.3 is 10.6 Å². The highest BCUT2D eigenvalue weighted by molar-refractivity contribution is 6.31. The van der Waals surface area contributed by atoms with Gasteiger partial charge in [0.25, 0.3) is 5.56 Å². The van der Waals surface area contributed by atoms with Crippen LogP contribution in [0.4, 0.5) is 0 Å². The number of hydrogen-bond donors (Lipinski definition) is 1. The number of carbonyl (C=O) groups excluding carboxylic acids is 1. The summed E-state index contributed by atoms with van der Waals surface area (Å²) < 4.78 is 1.57. The first-order chi connectivity index (χ1) is 13.9. The summed E-state index contributed by atoms with van der Waals surface area (Å²) in [5.74, 6) is 0.885. The van der Waals surface area contributed by atoms with Gasteiger partial charge in [-0.3, -0.25) is 14.2 Å². The average Bonchev–Trinajstić information content (AvgIpc) is 2.65. The van der Waals surface area contributed by atoms with Crippen molar-refractivity contribution in [2.24, 2.45) is 18.7 Å². The van der Waals surface area contributed by atoms with Crippen molar-refractivity contribution in [3.8, 4) is 0 Å². The van der Waals surface area contributed by atoms with Crippen LogP contribution in [0.3, 0.4) is 0 Å². The summed E-state index contributed by atoms with van der Waals surface area (Å²) in [5.41, 5.74) is 6.03. The van der Waals surface area contributed by atoms with Crippen molar-refractivity contribution >= 4 is 28.4 Å². The van der Waals surface area contributed by atoms with Gasteiger partial charge in [0, 0.05) is 24.5 Å². The zero-order valence-electron chi connectivity index (χ0n) is 17.4. The van der Waals surface area contributed by atoms with Crippen molar-refractivity contribution < 1.29 is 4.79 Å². The van der Waals surface area contributed by atoms with E-state index in [1.807, 2.05) is 11.8 Å². The monoisotopic (exact) mass is 418 g/mol. The molecule has 0 spiro atoms. The van der Waals surface area contributed by atoms with E-state index in [9.17, 15) is 9.59 Å². The van der Waals surface area contributed by atoms with Crippen LogP contribution in [-0.2, 0) is 11.8 Å². The molecule has 6 nitrogen and oxygen atoms in total. The summed E-state index contributed by atoms with van der Waals surface area (Å²) in [6, 6.07) is 4.83. The number of benzene rings is 1. The molecule has 1 aliphatic carbocycles. The maximum absolute atomic E-state index is 13.1. The Bertz CT molecular complexity index is 923. The van der Waals surface area contributed by atoms with Crippen molar-refractivity contribution in [1.82, 2.24) is 14.5 Å². The number of aromatic nitrogens is 2. The molecule has 2 aromatic rings. The molecule has 158 valence electrons. The van der Waals surface area contributed by atoms with Gasteiger partial charge in [-0.05, 0) is 57.4 Å². The number of carbonyl (C=O) groups is 1. The highest BCUT2D eigenvalue weighted by atomic mass is 35.5. The molecule has 7 heteroatoms. The molecule has 1 aromatic heterocycles. The van der Waals surface area contributed by atoms with E-state index in [2.05, 4.69) is 0 Å². The second-order valence-electron chi connectivity index (χ2n) is 8.03. The third kappa shape index (κ3) is 4.81. The smallest absolute Gasteiger partial charge is 0.261 e. The number of halogens is 1. The van der Waals surface area contributed by atoms with Gasteiger partial charge in [0.15, 0.2) is 0 Å². The molecule has 1 saturated carbocycles. The van der Waals surface area contributed by atoms with Crippen molar-refractivity contribution in [1.29, 1.82) is 0 Å². The van der Waals surface area contributed by atoms with Crippen molar-refractivity contribution in [2.45, 2.75) is 57.9 Å². The van der Waals surface area contributed by atoms with E-state index in [1.165, 1.54) is 0 Å². The molecule has 29 heavy (non-hydrogen) atoms. The SMILES string of the molecule is CC(c1nc2cc(Cl)ccc2c(=O)n1C)N(CCCCCCN)C(=O)C1CCC1. The highest BCUT2D eigenvalue weighted by Crippen LogP contribution is 2.32. The lowest BCUT2D eigenvalue weighted by Gasteiger charge is -2.35. The van der Waals surface area contributed by atoms with Crippen LogP contribution in [0, 0.1) is 5.92 Å². The number of nitrogens with zero attached hydrogens (tertiary/aromatic N) is 3. The second-order valence-corrected chi connectivity index (χ2v) is 8.47. The molecule has 0 saturated heterocycles. The van der Waals surface area contributed by atoms with E-state index < -0.39 is 0 Å². The van der Waals surface area contributed by atoms with Crippen LogP contribution < -0.4 is 11.3 Å². The first-order valence-electron chi connectivity index (χ1n) is 10.6. The lowest BCUT2D eigenvalue weighted by molar-refractivity contribution is -0.140. The molecule has 1 amide bonds. The molecular weight excluding hydrogens is 388 g/mol. The summed E-state index contributed by atoms with van der Waals surface area (Å²) >= 11 is 6.11. The fourth-order valence-corrected chi connectivity index (χ4v) is 4.11. The molecule has 1 fully saturated rings. The van der Waals surface area contributed by atoms with Crippen LogP contribution in [-0.4, -0.2) is 33.4 Å². The van der Waals surface area contributed by atoms with E-state index in [-0.39, 0.29) is 23.4 Å². The van der Waals surface area contributed by atoms with Gasteiger partial charge in [0.1, 0.15) is 5.82 Å². The van der Waals surface area contributed by atoms with Crippen molar-refractivity contribution in [3.05, 3.63) is 39.4 Å². The summed E-state index contributed by atoms with van der Waals surface area (Å²) in [4.78, 5) is 32.6. The topological polar surface area (TPSA) is 81.2 Å². The minimum absolute atomic E-state index is 0.105. The van der Waals surface area contributed by atoms with E-state index in [1.54, 1.807) is 29.8 Å². The van der Waals surface area contributed by atoms with E-state index in [0.717, 1.165) is 44.9 Å². The zero-order valence-corrected chi connectivity index (χ0v) is 18.1. The predicted octanol–water partition coefficient (Wildman–Crippen LogP) is 3.80. The minimum Gasteiger partial charge on any atom is -0.333 e. The summed E-state index contributed by atoms with van der Waals surface area (Å²) in [7, 11) is 1.72. The van der Waals surface area contributed by atoms with Crippen LogP contribution in [0.2, 0.25) is 5.02 Å².